The van der Waals surface area contributed by atoms with Gasteiger partial charge in [-0.05, 0) is 37.5 Å². The highest BCUT2D eigenvalue weighted by Crippen LogP contribution is 2.39. The monoisotopic (exact) mass is 296 g/mol. The van der Waals surface area contributed by atoms with E-state index >= 15 is 0 Å². The van der Waals surface area contributed by atoms with Crippen LogP contribution in [0.4, 0.5) is 8.78 Å². The van der Waals surface area contributed by atoms with Crippen LogP contribution in [0.25, 0.3) is 0 Å². The maximum absolute atomic E-state index is 13.3. The Balaban J connectivity index is 2.15. The maximum atomic E-state index is 13.3. The standard InChI is InChI=1S/C16H22F2N2O/c1-2-20(10-12-5-6-13(17)14(18)9-12)15(21)16(11-19)7-3-4-8-16/h5-6,9H,2-4,7-8,10-11,19H2,1H3. The third kappa shape index (κ3) is 3.23. The van der Waals surface area contributed by atoms with Crippen molar-refractivity contribution in [2.24, 2.45) is 11.1 Å². The highest BCUT2D eigenvalue weighted by atomic mass is 19.2. The molecule has 2 N–H and O–H groups in total. The molecule has 2 rings (SSSR count). The molecule has 5 heteroatoms. The topological polar surface area (TPSA) is 46.3 Å². The second-order valence-corrected chi connectivity index (χ2v) is 5.76. The van der Waals surface area contributed by atoms with Gasteiger partial charge in [0, 0.05) is 19.6 Å². The summed E-state index contributed by atoms with van der Waals surface area (Å²) < 4.78 is 26.2. The summed E-state index contributed by atoms with van der Waals surface area (Å²) in [7, 11) is 0. The summed E-state index contributed by atoms with van der Waals surface area (Å²) in [6.07, 6.45) is 3.67. The van der Waals surface area contributed by atoms with Gasteiger partial charge in [-0.3, -0.25) is 4.79 Å². The third-order valence-corrected chi connectivity index (χ3v) is 4.43. The van der Waals surface area contributed by atoms with Gasteiger partial charge in [-0.25, -0.2) is 8.78 Å². The molecule has 0 bridgehead atoms. The van der Waals surface area contributed by atoms with Crippen LogP contribution in [-0.2, 0) is 11.3 Å². The lowest BCUT2D eigenvalue weighted by atomic mass is 9.84. The van der Waals surface area contributed by atoms with Crippen LogP contribution in [0.1, 0.15) is 38.2 Å². The highest BCUT2D eigenvalue weighted by molar-refractivity contribution is 5.83. The lowest BCUT2D eigenvalue weighted by molar-refractivity contribution is -0.141. The fourth-order valence-electron chi connectivity index (χ4n) is 3.08. The number of halogens is 2. The summed E-state index contributed by atoms with van der Waals surface area (Å²) in [5, 5.41) is 0. The first-order chi connectivity index (χ1) is 10.0. The third-order valence-electron chi connectivity index (χ3n) is 4.43. The maximum Gasteiger partial charge on any atom is 0.230 e. The quantitative estimate of drug-likeness (QED) is 0.908. The van der Waals surface area contributed by atoms with Gasteiger partial charge in [-0.15, -0.1) is 0 Å². The molecule has 1 amide bonds. The fourth-order valence-corrected chi connectivity index (χ4v) is 3.08. The van der Waals surface area contributed by atoms with Gasteiger partial charge in [0.25, 0.3) is 0 Å². The average molecular weight is 296 g/mol. The van der Waals surface area contributed by atoms with E-state index in [2.05, 4.69) is 0 Å². The molecule has 1 aliphatic carbocycles. The summed E-state index contributed by atoms with van der Waals surface area (Å²) in [6, 6.07) is 3.75. The number of carbonyl (C=O) groups excluding carboxylic acids is 1. The summed E-state index contributed by atoms with van der Waals surface area (Å²) in [6.45, 7) is 3.05. The molecule has 1 aromatic carbocycles. The van der Waals surface area contributed by atoms with Crippen LogP contribution in [0.3, 0.4) is 0 Å². The summed E-state index contributed by atoms with van der Waals surface area (Å²) >= 11 is 0. The molecule has 1 fully saturated rings. The number of nitrogens with zero attached hydrogens (tertiary/aromatic N) is 1. The van der Waals surface area contributed by atoms with E-state index in [4.69, 9.17) is 5.73 Å². The molecular formula is C16H22F2N2O. The zero-order chi connectivity index (χ0) is 15.5. The normalized spacial score (nSPS) is 17.0. The smallest absolute Gasteiger partial charge is 0.230 e. The first-order valence-corrected chi connectivity index (χ1v) is 7.46. The molecule has 0 atom stereocenters. The first kappa shape index (κ1) is 15.9. The van der Waals surface area contributed by atoms with E-state index in [9.17, 15) is 13.6 Å². The number of nitrogens with two attached hydrogens (primary N) is 1. The molecule has 3 nitrogen and oxygen atoms in total. The Hall–Kier alpha value is -1.49. The Morgan fingerprint density at radius 3 is 2.48 bits per heavy atom. The number of hydrogen-bond donors (Lipinski definition) is 1. The largest absolute Gasteiger partial charge is 0.338 e. The van der Waals surface area contributed by atoms with Crippen molar-refractivity contribution >= 4 is 5.91 Å². The molecule has 1 aliphatic rings. The number of amides is 1. The Labute approximate surface area is 124 Å². The lowest BCUT2D eigenvalue weighted by Crippen LogP contribution is -2.46. The second kappa shape index (κ2) is 6.52. The molecule has 1 aromatic rings. The number of carbonyl (C=O) groups is 1. The highest BCUT2D eigenvalue weighted by Gasteiger charge is 2.41. The summed E-state index contributed by atoms with van der Waals surface area (Å²) in [4.78, 5) is 14.4. The average Bonchev–Trinajstić information content (AvgIpc) is 2.98. The SMILES string of the molecule is CCN(Cc1ccc(F)c(F)c1)C(=O)C1(CN)CCCC1. The molecule has 0 unspecified atom stereocenters. The van der Waals surface area contributed by atoms with Crippen LogP contribution in [0.15, 0.2) is 18.2 Å². The molecule has 116 valence electrons. The minimum absolute atomic E-state index is 0.0368. The van der Waals surface area contributed by atoms with E-state index in [1.54, 1.807) is 4.90 Å². The fraction of sp³-hybridized carbons (Fsp3) is 0.562. The zero-order valence-corrected chi connectivity index (χ0v) is 12.4. The molecule has 1 saturated carbocycles. The van der Waals surface area contributed by atoms with Gasteiger partial charge in [-0.2, -0.15) is 0 Å². The van der Waals surface area contributed by atoms with Crippen molar-refractivity contribution in [2.75, 3.05) is 13.1 Å². The predicted molar refractivity (Wildman–Crippen MR) is 77.4 cm³/mol. The van der Waals surface area contributed by atoms with Crippen molar-refractivity contribution in [1.29, 1.82) is 0 Å². The molecule has 0 spiro atoms. The molecular weight excluding hydrogens is 274 g/mol. The minimum atomic E-state index is -0.884. The summed E-state index contributed by atoms with van der Waals surface area (Å²) in [5.74, 6) is -1.72. The van der Waals surface area contributed by atoms with Crippen molar-refractivity contribution in [3.63, 3.8) is 0 Å². The van der Waals surface area contributed by atoms with Gasteiger partial charge in [-0.1, -0.05) is 18.9 Å². The Morgan fingerprint density at radius 1 is 1.29 bits per heavy atom. The predicted octanol–water partition coefficient (Wildman–Crippen LogP) is 2.83. The van der Waals surface area contributed by atoms with Gasteiger partial charge in [0.15, 0.2) is 11.6 Å². The van der Waals surface area contributed by atoms with Gasteiger partial charge in [0.2, 0.25) is 5.91 Å². The minimum Gasteiger partial charge on any atom is -0.338 e. The van der Waals surface area contributed by atoms with E-state index in [1.807, 2.05) is 6.92 Å². The first-order valence-electron chi connectivity index (χ1n) is 7.46. The molecule has 0 heterocycles. The van der Waals surface area contributed by atoms with Crippen LogP contribution in [0.2, 0.25) is 0 Å². The van der Waals surface area contributed by atoms with Crippen molar-refractivity contribution < 1.29 is 13.6 Å². The van der Waals surface area contributed by atoms with Gasteiger partial charge >= 0.3 is 0 Å². The van der Waals surface area contributed by atoms with Crippen LogP contribution in [0.5, 0.6) is 0 Å². The van der Waals surface area contributed by atoms with E-state index < -0.39 is 17.0 Å². The second-order valence-electron chi connectivity index (χ2n) is 5.76. The van der Waals surface area contributed by atoms with Gasteiger partial charge in [0.05, 0.1) is 5.41 Å². The Bertz CT molecular complexity index is 513. The molecule has 0 aromatic heterocycles. The Kier molecular flexibility index (Phi) is 4.93. The summed E-state index contributed by atoms with van der Waals surface area (Å²) in [5.41, 5.74) is 5.97. The molecule has 0 radical (unpaired) electrons. The van der Waals surface area contributed by atoms with Crippen LogP contribution in [-0.4, -0.2) is 23.9 Å². The lowest BCUT2D eigenvalue weighted by Gasteiger charge is -2.33. The van der Waals surface area contributed by atoms with Crippen molar-refractivity contribution in [3.05, 3.63) is 35.4 Å². The molecule has 0 aliphatic heterocycles. The van der Waals surface area contributed by atoms with Crippen molar-refractivity contribution in [1.82, 2.24) is 4.90 Å². The van der Waals surface area contributed by atoms with E-state index in [-0.39, 0.29) is 12.5 Å². The number of rotatable bonds is 5. The molecule has 21 heavy (non-hydrogen) atoms. The van der Waals surface area contributed by atoms with Gasteiger partial charge < -0.3 is 10.6 Å². The van der Waals surface area contributed by atoms with Crippen molar-refractivity contribution in [2.45, 2.75) is 39.2 Å². The Morgan fingerprint density at radius 2 is 1.95 bits per heavy atom. The van der Waals surface area contributed by atoms with Crippen LogP contribution in [0, 0.1) is 17.0 Å². The van der Waals surface area contributed by atoms with Gasteiger partial charge in [0.1, 0.15) is 0 Å². The van der Waals surface area contributed by atoms with Crippen molar-refractivity contribution in [3.8, 4) is 0 Å². The van der Waals surface area contributed by atoms with E-state index in [0.29, 0.717) is 18.7 Å². The van der Waals surface area contributed by atoms with Crippen LogP contribution < -0.4 is 5.73 Å². The molecule has 0 saturated heterocycles. The number of benzene rings is 1. The van der Waals surface area contributed by atoms with E-state index in [1.165, 1.54) is 6.07 Å². The van der Waals surface area contributed by atoms with Crippen LogP contribution >= 0.6 is 0 Å². The van der Waals surface area contributed by atoms with E-state index in [0.717, 1.165) is 37.8 Å². The number of hydrogen-bond acceptors (Lipinski definition) is 2. The zero-order valence-electron chi connectivity index (χ0n) is 12.4.